The van der Waals surface area contributed by atoms with Gasteiger partial charge in [0.05, 0.1) is 52.1 Å². The number of fused-ring (bicyclic) bond motifs is 1. The van der Waals surface area contributed by atoms with Gasteiger partial charge in [0.2, 0.25) is 0 Å². The minimum Gasteiger partial charge on any atom is -0.495 e. The fourth-order valence-electron chi connectivity index (χ4n) is 2.97. The van der Waals surface area contributed by atoms with Crippen LogP contribution in [-0.4, -0.2) is 30.3 Å². The maximum absolute atomic E-state index is 13.2. The molecule has 9 heteroatoms. The highest BCUT2D eigenvalue weighted by molar-refractivity contribution is 7.13. The van der Waals surface area contributed by atoms with E-state index in [1.54, 1.807) is 25.1 Å². The van der Waals surface area contributed by atoms with Crippen molar-refractivity contribution in [3.8, 4) is 22.1 Å². The van der Waals surface area contributed by atoms with Crippen molar-refractivity contribution in [3.63, 3.8) is 0 Å². The first-order valence-corrected chi connectivity index (χ1v) is 9.81. The topological polar surface area (TPSA) is 86.5 Å². The first-order valence-electron chi connectivity index (χ1n) is 8.55. The molecule has 0 saturated carbocycles. The number of carbonyl (C=O) groups is 1. The van der Waals surface area contributed by atoms with Crippen molar-refractivity contribution in [2.75, 3.05) is 19.5 Å². The van der Waals surface area contributed by atoms with Gasteiger partial charge in [-0.15, -0.1) is 11.3 Å². The van der Waals surface area contributed by atoms with Crippen LogP contribution in [0.25, 0.3) is 21.7 Å². The molecule has 0 aliphatic heterocycles. The molecule has 1 N–H and O–H groups in total. The number of nitrogens with one attached hydrogen (secondary N) is 1. The number of amides is 1. The van der Waals surface area contributed by atoms with Crippen LogP contribution in [0.2, 0.25) is 5.02 Å². The van der Waals surface area contributed by atoms with E-state index in [1.807, 2.05) is 17.5 Å². The molecule has 1 aromatic carbocycles. The normalized spacial score (nSPS) is 10.9. The Bertz CT molecular complexity index is 1200. The van der Waals surface area contributed by atoms with Crippen LogP contribution in [0.4, 0.5) is 5.69 Å². The van der Waals surface area contributed by atoms with Gasteiger partial charge in [-0.25, -0.2) is 4.98 Å². The SMILES string of the molecule is COc1cc(NC(=O)c2cc(-c3cccs3)nc3onc(C)c23)c(OC)cc1Cl. The summed E-state index contributed by atoms with van der Waals surface area (Å²) >= 11 is 7.67. The number of rotatable bonds is 5. The largest absolute Gasteiger partial charge is 0.495 e. The highest BCUT2D eigenvalue weighted by Crippen LogP contribution is 2.37. The Kier molecular flexibility index (Phi) is 5.12. The first kappa shape index (κ1) is 19.2. The summed E-state index contributed by atoms with van der Waals surface area (Å²) < 4.78 is 15.9. The molecule has 0 aliphatic carbocycles. The first-order chi connectivity index (χ1) is 14.0. The summed E-state index contributed by atoms with van der Waals surface area (Å²) in [5, 5.41) is 9.71. The van der Waals surface area contributed by atoms with E-state index in [0.29, 0.717) is 50.3 Å². The number of ether oxygens (including phenoxy) is 2. The summed E-state index contributed by atoms with van der Waals surface area (Å²) in [6.45, 7) is 1.76. The molecule has 0 radical (unpaired) electrons. The molecule has 4 aromatic rings. The predicted molar refractivity (Wildman–Crippen MR) is 112 cm³/mol. The third kappa shape index (κ3) is 3.52. The molecule has 0 fully saturated rings. The van der Waals surface area contributed by atoms with Crippen molar-refractivity contribution < 1.29 is 18.8 Å². The maximum Gasteiger partial charge on any atom is 0.259 e. The standard InChI is InChI=1S/C20H16ClN3O4S/c1-10-18-11(7-14(17-5-4-6-29-17)23-20(18)28-24-10)19(25)22-13-9-15(26-2)12(21)8-16(13)27-3/h4-9H,1-3H3,(H,22,25). The smallest absolute Gasteiger partial charge is 0.259 e. The predicted octanol–water partition coefficient (Wildman–Crippen LogP) is 5.18. The maximum atomic E-state index is 13.2. The zero-order valence-electron chi connectivity index (χ0n) is 15.8. The number of thiophene rings is 1. The summed E-state index contributed by atoms with van der Waals surface area (Å²) in [5.74, 6) is 0.474. The summed E-state index contributed by atoms with van der Waals surface area (Å²) in [6.07, 6.45) is 0. The number of halogens is 1. The number of aryl methyl sites for hydroxylation is 1. The van der Waals surface area contributed by atoms with Crippen LogP contribution in [0.15, 0.2) is 40.2 Å². The molecule has 0 saturated heterocycles. The van der Waals surface area contributed by atoms with Gasteiger partial charge in [0.25, 0.3) is 11.6 Å². The number of anilines is 1. The monoisotopic (exact) mass is 429 g/mol. The Morgan fingerprint density at radius 2 is 2.00 bits per heavy atom. The molecule has 148 valence electrons. The van der Waals surface area contributed by atoms with Crippen molar-refractivity contribution in [2.45, 2.75) is 6.92 Å². The highest BCUT2D eigenvalue weighted by Gasteiger charge is 2.21. The van der Waals surface area contributed by atoms with Crippen LogP contribution in [0.3, 0.4) is 0 Å². The Morgan fingerprint density at radius 3 is 2.69 bits per heavy atom. The van der Waals surface area contributed by atoms with Gasteiger partial charge in [-0.1, -0.05) is 22.8 Å². The minimum absolute atomic E-state index is 0.305. The lowest BCUT2D eigenvalue weighted by Crippen LogP contribution is -2.14. The molecule has 4 rings (SSSR count). The third-order valence-corrected chi connectivity index (χ3v) is 5.55. The number of nitrogens with zero attached hydrogens (tertiary/aromatic N) is 2. The quantitative estimate of drug-likeness (QED) is 0.470. The average Bonchev–Trinajstić information content (AvgIpc) is 3.38. The molecule has 3 heterocycles. The zero-order chi connectivity index (χ0) is 20.5. The van der Waals surface area contributed by atoms with Gasteiger partial charge >= 0.3 is 0 Å². The summed E-state index contributed by atoms with van der Waals surface area (Å²) in [6, 6.07) is 8.77. The van der Waals surface area contributed by atoms with E-state index in [-0.39, 0.29) is 5.91 Å². The lowest BCUT2D eigenvalue weighted by molar-refractivity contribution is 0.102. The van der Waals surface area contributed by atoms with Crippen LogP contribution in [0, 0.1) is 6.92 Å². The van der Waals surface area contributed by atoms with Crippen LogP contribution >= 0.6 is 22.9 Å². The molecule has 0 unspecified atom stereocenters. The van der Waals surface area contributed by atoms with Gasteiger partial charge in [-0.3, -0.25) is 4.79 Å². The molecule has 0 aliphatic rings. The second kappa shape index (κ2) is 7.73. The van der Waals surface area contributed by atoms with Crippen LogP contribution < -0.4 is 14.8 Å². The van der Waals surface area contributed by atoms with Crippen molar-refractivity contribution in [3.05, 3.63) is 52.0 Å². The van der Waals surface area contributed by atoms with Crippen LogP contribution in [-0.2, 0) is 0 Å². The number of benzene rings is 1. The number of hydrogen-bond acceptors (Lipinski definition) is 7. The van der Waals surface area contributed by atoms with Gasteiger partial charge in [-0.05, 0) is 24.4 Å². The molecular weight excluding hydrogens is 414 g/mol. The minimum atomic E-state index is -0.357. The van der Waals surface area contributed by atoms with Gasteiger partial charge in [-0.2, -0.15) is 0 Å². The van der Waals surface area contributed by atoms with Crippen LogP contribution in [0.5, 0.6) is 11.5 Å². The molecule has 0 atom stereocenters. The Balaban J connectivity index is 1.81. The fourth-order valence-corrected chi connectivity index (χ4v) is 3.89. The molecule has 0 bridgehead atoms. The Hall–Kier alpha value is -3.10. The van der Waals surface area contributed by atoms with Crippen molar-refractivity contribution in [1.29, 1.82) is 0 Å². The Labute approximate surface area is 175 Å². The lowest BCUT2D eigenvalue weighted by atomic mass is 10.1. The van der Waals surface area contributed by atoms with E-state index < -0.39 is 0 Å². The summed E-state index contributed by atoms with van der Waals surface area (Å²) in [5.41, 5.74) is 2.34. The van der Waals surface area contributed by atoms with E-state index in [1.165, 1.54) is 25.6 Å². The Morgan fingerprint density at radius 1 is 1.21 bits per heavy atom. The van der Waals surface area contributed by atoms with Gasteiger partial charge < -0.3 is 19.3 Å². The number of carbonyl (C=O) groups excluding carboxylic acids is 1. The van der Waals surface area contributed by atoms with Crippen molar-refractivity contribution >= 4 is 45.6 Å². The zero-order valence-corrected chi connectivity index (χ0v) is 17.4. The number of aromatic nitrogens is 2. The number of methoxy groups -OCH3 is 2. The molecule has 29 heavy (non-hydrogen) atoms. The number of pyridine rings is 1. The van der Waals surface area contributed by atoms with Gasteiger partial charge in [0.15, 0.2) is 0 Å². The average molecular weight is 430 g/mol. The summed E-state index contributed by atoms with van der Waals surface area (Å²) in [7, 11) is 3.00. The third-order valence-electron chi connectivity index (χ3n) is 4.36. The molecule has 0 spiro atoms. The van der Waals surface area contributed by atoms with E-state index in [2.05, 4.69) is 15.5 Å². The second-order valence-electron chi connectivity index (χ2n) is 6.12. The van der Waals surface area contributed by atoms with E-state index in [0.717, 1.165) is 4.88 Å². The number of hydrogen-bond donors (Lipinski definition) is 1. The highest BCUT2D eigenvalue weighted by atomic mass is 35.5. The lowest BCUT2D eigenvalue weighted by Gasteiger charge is -2.13. The van der Waals surface area contributed by atoms with Gasteiger partial charge in [0.1, 0.15) is 11.5 Å². The molecule has 1 amide bonds. The molecular formula is C20H16ClN3O4S. The van der Waals surface area contributed by atoms with Crippen molar-refractivity contribution in [1.82, 2.24) is 10.1 Å². The van der Waals surface area contributed by atoms with Crippen molar-refractivity contribution in [2.24, 2.45) is 0 Å². The fraction of sp³-hybridized carbons (Fsp3) is 0.150. The van der Waals surface area contributed by atoms with E-state index in [4.69, 9.17) is 25.6 Å². The molecule has 3 aromatic heterocycles. The van der Waals surface area contributed by atoms with E-state index in [9.17, 15) is 4.79 Å². The summed E-state index contributed by atoms with van der Waals surface area (Å²) in [4.78, 5) is 18.6. The van der Waals surface area contributed by atoms with Gasteiger partial charge in [0, 0.05) is 12.1 Å². The van der Waals surface area contributed by atoms with Crippen LogP contribution in [0.1, 0.15) is 16.1 Å². The van der Waals surface area contributed by atoms with E-state index >= 15 is 0 Å². The second-order valence-corrected chi connectivity index (χ2v) is 7.48. The molecule has 7 nitrogen and oxygen atoms in total.